The first-order valence-corrected chi connectivity index (χ1v) is 10.2. The number of hydrogen-bond donors (Lipinski definition) is 1. The van der Waals surface area contributed by atoms with Crippen LogP contribution in [0.2, 0.25) is 0 Å². The molecular weight excluding hydrogens is 398 g/mol. The van der Waals surface area contributed by atoms with Crippen molar-refractivity contribution in [2.45, 2.75) is 6.92 Å². The van der Waals surface area contributed by atoms with Gasteiger partial charge >= 0.3 is 0 Å². The number of nitrogens with zero attached hydrogens (tertiary/aromatic N) is 3. The summed E-state index contributed by atoms with van der Waals surface area (Å²) in [5, 5.41) is 17.9. The molecule has 152 valence electrons. The number of thiazole rings is 1. The van der Waals surface area contributed by atoms with Crippen LogP contribution in [0.25, 0.3) is 22.4 Å². The highest BCUT2D eigenvalue weighted by Crippen LogP contribution is 2.30. The normalized spacial score (nSPS) is 12.1. The molecule has 1 N–H and O–H groups in total. The number of phenolic OH excluding ortho intramolecular Hbond substituents is 1. The number of phenols is 1. The van der Waals surface area contributed by atoms with Crippen molar-refractivity contribution >= 4 is 28.5 Å². The van der Waals surface area contributed by atoms with E-state index in [0.717, 1.165) is 22.2 Å². The number of fused-ring (bicyclic) bond motifs is 1. The van der Waals surface area contributed by atoms with Gasteiger partial charge in [-0.05, 0) is 31.2 Å². The first-order valence-electron chi connectivity index (χ1n) is 9.31. The summed E-state index contributed by atoms with van der Waals surface area (Å²) in [6.45, 7) is 6.35. The van der Waals surface area contributed by atoms with E-state index in [2.05, 4.69) is 16.7 Å². The van der Waals surface area contributed by atoms with Gasteiger partial charge in [-0.3, -0.25) is 4.99 Å². The quantitative estimate of drug-likeness (QED) is 0.352. The van der Waals surface area contributed by atoms with Crippen molar-refractivity contribution in [1.82, 2.24) is 4.68 Å². The molecule has 2 heterocycles. The smallest absolute Gasteiger partial charge is 0.206 e. The minimum absolute atomic E-state index is 0.0327. The molecule has 0 saturated carbocycles. The van der Waals surface area contributed by atoms with Crippen LogP contribution in [0, 0.1) is 0 Å². The Morgan fingerprint density at radius 1 is 1.27 bits per heavy atom. The molecule has 0 aliphatic rings. The van der Waals surface area contributed by atoms with Crippen LogP contribution in [0.4, 0.5) is 0 Å². The largest absolute Gasteiger partial charge is 0.504 e. The summed E-state index contributed by atoms with van der Waals surface area (Å²) in [6.07, 6.45) is 1.58. The number of furan rings is 1. The lowest BCUT2D eigenvalue weighted by atomic mass is 10.2. The molecule has 0 saturated heterocycles. The third-order valence-corrected chi connectivity index (χ3v) is 5.26. The van der Waals surface area contributed by atoms with Crippen molar-refractivity contribution in [2.24, 2.45) is 10.1 Å². The van der Waals surface area contributed by atoms with E-state index in [0.29, 0.717) is 28.4 Å². The highest BCUT2D eigenvalue weighted by Gasteiger charge is 2.13. The standard InChI is InChI=1S/C23H21N3O3S/c1-15(2)12-24-23-26(25-13-17-8-6-10-20(28-3)22(17)27)18(14-30-23)21-11-16-7-4-5-9-19(16)29-21/h4-11,13-14,27H,1,12H2,2-3H3. The molecule has 0 aliphatic heterocycles. The third kappa shape index (κ3) is 3.92. The van der Waals surface area contributed by atoms with Crippen LogP contribution in [-0.4, -0.2) is 29.7 Å². The van der Waals surface area contributed by atoms with Gasteiger partial charge in [-0.2, -0.15) is 5.10 Å². The monoisotopic (exact) mass is 419 g/mol. The Balaban J connectivity index is 1.83. The Labute approximate surface area is 177 Å². The second kappa shape index (κ2) is 8.42. The van der Waals surface area contributed by atoms with Crippen LogP contribution in [0.1, 0.15) is 12.5 Å². The van der Waals surface area contributed by atoms with Crippen molar-refractivity contribution in [3.05, 3.63) is 76.4 Å². The zero-order valence-corrected chi connectivity index (χ0v) is 17.5. The number of methoxy groups -OCH3 is 1. The summed E-state index contributed by atoms with van der Waals surface area (Å²) in [4.78, 5) is 5.31. The molecule has 0 atom stereocenters. The van der Waals surface area contributed by atoms with E-state index in [1.54, 1.807) is 29.1 Å². The molecule has 4 aromatic rings. The number of rotatable bonds is 6. The van der Waals surface area contributed by atoms with E-state index in [-0.39, 0.29) is 5.75 Å². The van der Waals surface area contributed by atoms with Crippen molar-refractivity contribution in [1.29, 1.82) is 0 Å². The first kappa shape index (κ1) is 19.7. The summed E-state index contributed by atoms with van der Waals surface area (Å²) in [5.41, 5.74) is 3.07. The maximum atomic E-state index is 10.4. The Morgan fingerprint density at radius 3 is 2.87 bits per heavy atom. The lowest BCUT2D eigenvalue weighted by Crippen LogP contribution is -2.12. The molecule has 2 aromatic heterocycles. The zero-order valence-electron chi connectivity index (χ0n) is 16.7. The summed E-state index contributed by atoms with van der Waals surface area (Å²) >= 11 is 1.46. The topological polar surface area (TPSA) is 72.2 Å². The molecule has 7 heteroatoms. The fraction of sp³-hybridized carbons (Fsp3) is 0.130. The minimum Gasteiger partial charge on any atom is -0.504 e. The van der Waals surface area contributed by atoms with Gasteiger partial charge in [-0.25, -0.2) is 4.68 Å². The highest BCUT2D eigenvalue weighted by atomic mass is 32.1. The second-order valence-corrected chi connectivity index (χ2v) is 7.62. The van der Waals surface area contributed by atoms with Gasteiger partial charge in [0, 0.05) is 16.3 Å². The van der Waals surface area contributed by atoms with Crippen molar-refractivity contribution in [3.63, 3.8) is 0 Å². The summed E-state index contributed by atoms with van der Waals surface area (Å²) < 4.78 is 12.9. The molecule has 0 fully saturated rings. The van der Waals surface area contributed by atoms with Crippen LogP contribution < -0.4 is 9.54 Å². The number of para-hydroxylation sites is 2. The Bertz CT molecular complexity index is 1280. The lowest BCUT2D eigenvalue weighted by molar-refractivity contribution is 0.373. The van der Waals surface area contributed by atoms with Gasteiger partial charge in [-0.1, -0.05) is 36.4 Å². The molecule has 0 spiro atoms. The molecule has 0 aliphatic carbocycles. The summed E-state index contributed by atoms with van der Waals surface area (Å²) in [5.74, 6) is 1.11. The second-order valence-electron chi connectivity index (χ2n) is 6.78. The number of aromatic hydroxyl groups is 1. The Kier molecular flexibility index (Phi) is 5.54. The van der Waals surface area contributed by atoms with Crippen LogP contribution in [0.3, 0.4) is 0 Å². The highest BCUT2D eigenvalue weighted by molar-refractivity contribution is 7.07. The van der Waals surface area contributed by atoms with Crippen LogP contribution in [0.5, 0.6) is 11.5 Å². The molecule has 0 bridgehead atoms. The van der Waals surface area contributed by atoms with E-state index in [9.17, 15) is 5.11 Å². The number of ether oxygens (including phenoxy) is 1. The van der Waals surface area contributed by atoms with Gasteiger partial charge in [0.05, 0.1) is 19.9 Å². The van der Waals surface area contributed by atoms with Crippen molar-refractivity contribution in [2.75, 3.05) is 13.7 Å². The SMILES string of the molecule is C=C(C)CN=c1scc(-c2cc3ccccc3o2)n1N=Cc1cccc(OC)c1O. The van der Waals surface area contributed by atoms with Gasteiger partial charge in [0.1, 0.15) is 11.3 Å². The summed E-state index contributed by atoms with van der Waals surface area (Å²) in [7, 11) is 1.51. The van der Waals surface area contributed by atoms with E-state index in [1.807, 2.05) is 42.6 Å². The molecule has 0 unspecified atom stereocenters. The number of aromatic nitrogens is 1. The maximum absolute atomic E-state index is 10.4. The van der Waals surface area contributed by atoms with E-state index < -0.39 is 0 Å². The lowest BCUT2D eigenvalue weighted by Gasteiger charge is -2.05. The molecule has 2 aromatic carbocycles. The van der Waals surface area contributed by atoms with Gasteiger partial charge < -0.3 is 14.3 Å². The predicted molar refractivity (Wildman–Crippen MR) is 120 cm³/mol. The van der Waals surface area contributed by atoms with Gasteiger partial charge in [0.15, 0.2) is 17.3 Å². The molecule has 0 radical (unpaired) electrons. The van der Waals surface area contributed by atoms with Crippen molar-refractivity contribution in [3.8, 4) is 23.0 Å². The first-order chi connectivity index (χ1) is 14.6. The van der Waals surface area contributed by atoms with Crippen LogP contribution >= 0.6 is 11.3 Å². The molecule has 4 rings (SSSR count). The fourth-order valence-electron chi connectivity index (χ4n) is 2.93. The fourth-order valence-corrected chi connectivity index (χ4v) is 3.75. The Morgan fingerprint density at radius 2 is 2.10 bits per heavy atom. The van der Waals surface area contributed by atoms with Crippen LogP contribution in [-0.2, 0) is 0 Å². The average molecular weight is 420 g/mol. The average Bonchev–Trinajstić information content (AvgIpc) is 3.35. The zero-order chi connectivity index (χ0) is 21.1. The maximum Gasteiger partial charge on any atom is 0.206 e. The summed E-state index contributed by atoms with van der Waals surface area (Å²) in [6, 6.07) is 15.1. The molecular formula is C23H21N3O3S. The van der Waals surface area contributed by atoms with Gasteiger partial charge in [0.2, 0.25) is 4.80 Å². The number of benzene rings is 2. The van der Waals surface area contributed by atoms with Gasteiger partial charge in [0.25, 0.3) is 0 Å². The van der Waals surface area contributed by atoms with E-state index in [4.69, 9.17) is 9.15 Å². The van der Waals surface area contributed by atoms with E-state index in [1.165, 1.54) is 18.4 Å². The Hall–Kier alpha value is -3.58. The third-order valence-electron chi connectivity index (χ3n) is 4.41. The molecule has 0 amide bonds. The predicted octanol–water partition coefficient (Wildman–Crippen LogP) is 5.04. The number of hydrogen-bond acceptors (Lipinski definition) is 6. The van der Waals surface area contributed by atoms with Crippen molar-refractivity contribution < 1.29 is 14.3 Å². The molecule has 30 heavy (non-hydrogen) atoms. The van der Waals surface area contributed by atoms with Gasteiger partial charge in [-0.15, -0.1) is 11.3 Å². The molecule has 6 nitrogen and oxygen atoms in total. The van der Waals surface area contributed by atoms with E-state index >= 15 is 0 Å². The van der Waals surface area contributed by atoms with Crippen LogP contribution in [0.15, 0.2) is 80.6 Å². The minimum atomic E-state index is 0.0327.